The van der Waals surface area contributed by atoms with E-state index in [0.717, 1.165) is 36.0 Å². The van der Waals surface area contributed by atoms with Gasteiger partial charge < -0.3 is 5.32 Å². The number of rotatable bonds is 4. The van der Waals surface area contributed by atoms with Gasteiger partial charge >= 0.3 is 0 Å². The Morgan fingerprint density at radius 3 is 2.25 bits per heavy atom. The molecule has 2 nitrogen and oxygen atoms in total. The molecule has 0 aromatic rings. The third-order valence-electron chi connectivity index (χ3n) is 6.21. The number of nitrogens with zero attached hydrogens (tertiary/aromatic N) is 1. The molecule has 3 aliphatic rings. The van der Waals surface area contributed by atoms with E-state index in [4.69, 9.17) is 0 Å². The first kappa shape index (κ1) is 14.8. The molecule has 1 aliphatic carbocycles. The lowest BCUT2D eigenvalue weighted by atomic mass is 9.78. The molecule has 0 aromatic carbocycles. The van der Waals surface area contributed by atoms with E-state index in [1.165, 1.54) is 57.9 Å². The molecule has 2 heteroatoms. The second kappa shape index (κ2) is 6.36. The summed E-state index contributed by atoms with van der Waals surface area (Å²) in [7, 11) is 0. The lowest BCUT2D eigenvalue weighted by molar-refractivity contribution is 0.0353. The van der Waals surface area contributed by atoms with Crippen LogP contribution in [-0.2, 0) is 0 Å². The number of nitrogens with one attached hydrogen (secondary N) is 1. The van der Waals surface area contributed by atoms with Gasteiger partial charge in [-0.1, -0.05) is 20.8 Å². The zero-order valence-corrected chi connectivity index (χ0v) is 13.8. The molecule has 116 valence electrons. The van der Waals surface area contributed by atoms with Crippen molar-refractivity contribution in [2.24, 2.45) is 11.8 Å². The van der Waals surface area contributed by atoms with Gasteiger partial charge in [0.15, 0.2) is 0 Å². The molecular formula is C18H34N2. The van der Waals surface area contributed by atoms with Crippen molar-refractivity contribution in [2.75, 3.05) is 6.54 Å². The highest BCUT2D eigenvalue weighted by atomic mass is 15.2. The van der Waals surface area contributed by atoms with Crippen molar-refractivity contribution >= 4 is 0 Å². The van der Waals surface area contributed by atoms with Gasteiger partial charge in [0, 0.05) is 24.2 Å². The highest BCUT2D eigenvalue weighted by Crippen LogP contribution is 2.37. The van der Waals surface area contributed by atoms with E-state index in [0.29, 0.717) is 0 Å². The molecule has 1 N–H and O–H groups in total. The zero-order valence-electron chi connectivity index (χ0n) is 13.8. The first-order valence-electron chi connectivity index (χ1n) is 9.19. The van der Waals surface area contributed by atoms with E-state index < -0.39 is 0 Å². The SMILES string of the molecule is CCCN(C1CC2CCC(C1)N2)C1CCC(C)CC1C. The Labute approximate surface area is 125 Å². The summed E-state index contributed by atoms with van der Waals surface area (Å²) in [5.74, 6) is 1.85. The van der Waals surface area contributed by atoms with Crippen molar-refractivity contribution < 1.29 is 0 Å². The normalized spacial score (nSPS) is 45.0. The summed E-state index contributed by atoms with van der Waals surface area (Å²) in [6, 6.07) is 3.40. The number of fused-ring (bicyclic) bond motifs is 2. The van der Waals surface area contributed by atoms with Gasteiger partial charge in [0.1, 0.15) is 0 Å². The molecule has 20 heavy (non-hydrogen) atoms. The first-order chi connectivity index (χ1) is 9.67. The third-order valence-corrected chi connectivity index (χ3v) is 6.21. The maximum absolute atomic E-state index is 3.81. The Balaban J connectivity index is 1.68. The molecule has 5 atom stereocenters. The van der Waals surface area contributed by atoms with Crippen LogP contribution in [-0.4, -0.2) is 35.6 Å². The summed E-state index contributed by atoms with van der Waals surface area (Å²) in [5, 5.41) is 3.81. The Morgan fingerprint density at radius 2 is 1.65 bits per heavy atom. The summed E-state index contributed by atoms with van der Waals surface area (Å²) < 4.78 is 0. The van der Waals surface area contributed by atoms with Gasteiger partial charge in [-0.2, -0.15) is 0 Å². The van der Waals surface area contributed by atoms with Gasteiger partial charge in [-0.05, 0) is 69.7 Å². The van der Waals surface area contributed by atoms with Crippen LogP contribution in [0.4, 0.5) is 0 Å². The predicted octanol–water partition coefficient (Wildman–Crippen LogP) is 3.81. The van der Waals surface area contributed by atoms with Crippen LogP contribution in [0.2, 0.25) is 0 Å². The molecule has 3 fully saturated rings. The Morgan fingerprint density at radius 1 is 0.950 bits per heavy atom. The fourth-order valence-corrected chi connectivity index (χ4v) is 5.32. The van der Waals surface area contributed by atoms with E-state index in [-0.39, 0.29) is 0 Å². The second-order valence-corrected chi connectivity index (χ2v) is 7.96. The van der Waals surface area contributed by atoms with E-state index in [1.54, 1.807) is 0 Å². The smallest absolute Gasteiger partial charge is 0.0128 e. The summed E-state index contributed by atoms with van der Waals surface area (Å²) >= 11 is 0. The van der Waals surface area contributed by atoms with E-state index in [1.807, 2.05) is 0 Å². The molecule has 0 aromatic heterocycles. The second-order valence-electron chi connectivity index (χ2n) is 7.96. The van der Waals surface area contributed by atoms with Crippen molar-refractivity contribution in [2.45, 2.75) is 96.3 Å². The molecule has 2 bridgehead atoms. The molecule has 0 radical (unpaired) electrons. The maximum Gasteiger partial charge on any atom is 0.0128 e. The average molecular weight is 278 g/mol. The van der Waals surface area contributed by atoms with Crippen molar-refractivity contribution in [3.63, 3.8) is 0 Å². The van der Waals surface area contributed by atoms with Crippen LogP contribution in [0.1, 0.15) is 72.1 Å². The van der Waals surface area contributed by atoms with Crippen LogP contribution in [0.25, 0.3) is 0 Å². The number of hydrogen-bond acceptors (Lipinski definition) is 2. The Bertz CT molecular complexity index is 305. The molecule has 0 amide bonds. The fraction of sp³-hybridized carbons (Fsp3) is 1.00. The van der Waals surface area contributed by atoms with Gasteiger partial charge in [0.2, 0.25) is 0 Å². The molecule has 2 saturated heterocycles. The molecule has 2 heterocycles. The molecule has 0 spiro atoms. The zero-order chi connectivity index (χ0) is 14.1. The topological polar surface area (TPSA) is 15.3 Å². The quantitative estimate of drug-likeness (QED) is 0.841. The van der Waals surface area contributed by atoms with Crippen LogP contribution < -0.4 is 5.32 Å². The molecular weight excluding hydrogens is 244 g/mol. The van der Waals surface area contributed by atoms with Crippen molar-refractivity contribution in [1.29, 1.82) is 0 Å². The number of piperidine rings is 1. The molecule has 1 saturated carbocycles. The van der Waals surface area contributed by atoms with Crippen molar-refractivity contribution in [1.82, 2.24) is 10.2 Å². The minimum atomic E-state index is 0.830. The summed E-state index contributed by atoms with van der Waals surface area (Å²) in [6.07, 6.45) is 11.3. The maximum atomic E-state index is 3.81. The van der Waals surface area contributed by atoms with Crippen LogP contribution in [0.5, 0.6) is 0 Å². The van der Waals surface area contributed by atoms with E-state index in [9.17, 15) is 0 Å². The summed E-state index contributed by atoms with van der Waals surface area (Å²) in [6.45, 7) is 8.65. The summed E-state index contributed by atoms with van der Waals surface area (Å²) in [4.78, 5) is 2.95. The highest BCUT2D eigenvalue weighted by Gasteiger charge is 2.39. The van der Waals surface area contributed by atoms with E-state index >= 15 is 0 Å². The molecule has 5 unspecified atom stereocenters. The average Bonchev–Trinajstić information content (AvgIpc) is 2.76. The monoisotopic (exact) mass is 278 g/mol. The minimum absolute atomic E-state index is 0.830. The van der Waals surface area contributed by atoms with Crippen molar-refractivity contribution in [3.05, 3.63) is 0 Å². The first-order valence-corrected chi connectivity index (χ1v) is 9.19. The fourth-order valence-electron chi connectivity index (χ4n) is 5.32. The minimum Gasteiger partial charge on any atom is -0.311 e. The largest absolute Gasteiger partial charge is 0.311 e. The molecule has 3 rings (SSSR count). The predicted molar refractivity (Wildman–Crippen MR) is 85.9 cm³/mol. The van der Waals surface area contributed by atoms with E-state index in [2.05, 4.69) is 31.0 Å². The highest BCUT2D eigenvalue weighted by molar-refractivity contribution is 4.98. The third kappa shape index (κ3) is 3.06. The lowest BCUT2D eigenvalue weighted by Crippen LogP contribution is -2.54. The van der Waals surface area contributed by atoms with Crippen LogP contribution in [0.3, 0.4) is 0 Å². The van der Waals surface area contributed by atoms with Crippen LogP contribution in [0.15, 0.2) is 0 Å². The van der Waals surface area contributed by atoms with Gasteiger partial charge in [0.25, 0.3) is 0 Å². The van der Waals surface area contributed by atoms with Gasteiger partial charge in [-0.3, -0.25) is 4.90 Å². The van der Waals surface area contributed by atoms with Crippen LogP contribution >= 0.6 is 0 Å². The van der Waals surface area contributed by atoms with Crippen molar-refractivity contribution in [3.8, 4) is 0 Å². The molecule has 2 aliphatic heterocycles. The van der Waals surface area contributed by atoms with Gasteiger partial charge in [-0.15, -0.1) is 0 Å². The standard InChI is InChI=1S/C18H34N2/c1-4-9-20(18-8-5-13(2)10-14(18)3)17-11-15-6-7-16(12-17)19-15/h13-19H,4-12H2,1-3H3. The Hall–Kier alpha value is -0.0800. The van der Waals surface area contributed by atoms with Gasteiger partial charge in [0.05, 0.1) is 0 Å². The van der Waals surface area contributed by atoms with Crippen LogP contribution in [0, 0.1) is 11.8 Å². The van der Waals surface area contributed by atoms with Gasteiger partial charge in [-0.25, -0.2) is 0 Å². The number of hydrogen-bond donors (Lipinski definition) is 1. The Kier molecular flexibility index (Phi) is 4.72. The summed E-state index contributed by atoms with van der Waals surface area (Å²) in [5.41, 5.74) is 0. The lowest BCUT2D eigenvalue weighted by Gasteiger charge is -2.47.